The third-order valence-electron chi connectivity index (χ3n) is 1.79. The highest BCUT2D eigenvalue weighted by Crippen LogP contribution is 2.10. The molecule has 0 fully saturated rings. The zero-order chi connectivity index (χ0) is 8.10. The third kappa shape index (κ3) is 2.41. The number of aryl methyl sites for hydroxylation is 2. The van der Waals surface area contributed by atoms with Gasteiger partial charge in [0.25, 0.3) is 0 Å². The Labute approximate surface area is 68.4 Å². The van der Waals surface area contributed by atoms with Gasteiger partial charge in [0, 0.05) is 6.42 Å². The lowest BCUT2D eigenvalue weighted by Gasteiger charge is -1.90. The molecule has 0 spiro atoms. The predicted molar refractivity (Wildman–Crippen MR) is 46.4 cm³/mol. The number of unbranched alkanes of at least 4 members (excludes halogenated alkanes) is 1. The molecular formula is C10H15O. The number of hydrogen-bond acceptors (Lipinski definition) is 1. The van der Waals surface area contributed by atoms with Crippen molar-refractivity contribution < 1.29 is 4.42 Å². The van der Waals surface area contributed by atoms with Crippen LogP contribution in [0.2, 0.25) is 0 Å². The lowest BCUT2D eigenvalue weighted by molar-refractivity contribution is 0.501. The first-order valence-electron chi connectivity index (χ1n) is 4.22. The van der Waals surface area contributed by atoms with Gasteiger partial charge in [-0.2, -0.15) is 0 Å². The summed E-state index contributed by atoms with van der Waals surface area (Å²) in [6.45, 7) is 5.92. The maximum absolute atomic E-state index is 5.33. The van der Waals surface area contributed by atoms with Crippen LogP contribution >= 0.6 is 0 Å². The van der Waals surface area contributed by atoms with Crippen LogP contribution in [0.5, 0.6) is 0 Å². The zero-order valence-electron chi connectivity index (χ0n) is 7.10. The van der Waals surface area contributed by atoms with Gasteiger partial charge in [0.05, 0.1) is 6.26 Å². The van der Waals surface area contributed by atoms with Crippen LogP contribution in [0.25, 0.3) is 0 Å². The molecule has 1 heterocycles. The van der Waals surface area contributed by atoms with Crippen molar-refractivity contribution in [3.63, 3.8) is 0 Å². The Morgan fingerprint density at radius 1 is 1.55 bits per heavy atom. The zero-order valence-corrected chi connectivity index (χ0v) is 7.10. The summed E-state index contributed by atoms with van der Waals surface area (Å²) in [5.41, 5.74) is 1.30. The van der Waals surface area contributed by atoms with E-state index in [0.717, 1.165) is 31.4 Å². The van der Waals surface area contributed by atoms with Crippen LogP contribution in [0.1, 0.15) is 31.1 Å². The van der Waals surface area contributed by atoms with E-state index in [2.05, 4.69) is 19.9 Å². The summed E-state index contributed by atoms with van der Waals surface area (Å²) in [5.74, 6) is 1.10. The Bertz CT molecular complexity index is 200. The minimum atomic E-state index is 0.988. The first-order chi connectivity index (χ1) is 5.36. The highest BCUT2D eigenvalue weighted by Gasteiger charge is 1.98. The summed E-state index contributed by atoms with van der Waals surface area (Å²) in [7, 11) is 0. The van der Waals surface area contributed by atoms with Crippen LogP contribution in [-0.2, 0) is 12.8 Å². The smallest absolute Gasteiger partial charge is 0.104 e. The molecule has 1 aromatic rings. The van der Waals surface area contributed by atoms with E-state index in [9.17, 15) is 0 Å². The first-order valence-corrected chi connectivity index (χ1v) is 4.22. The van der Waals surface area contributed by atoms with E-state index in [0.29, 0.717) is 0 Å². The van der Waals surface area contributed by atoms with Gasteiger partial charge < -0.3 is 4.42 Å². The molecule has 0 amide bonds. The Morgan fingerprint density at radius 2 is 2.36 bits per heavy atom. The molecule has 0 bridgehead atoms. The maximum atomic E-state index is 5.33. The molecule has 1 radical (unpaired) electrons. The average molecular weight is 151 g/mol. The molecule has 0 unspecified atom stereocenters. The van der Waals surface area contributed by atoms with E-state index in [1.165, 1.54) is 5.56 Å². The van der Waals surface area contributed by atoms with Crippen molar-refractivity contribution in [1.29, 1.82) is 0 Å². The standard InChI is InChI=1S/C10H15O/c1-3-5-6-10-7-9(4-2)8-11-10/h7-8H,1,3-6H2,2H3. The van der Waals surface area contributed by atoms with Crippen molar-refractivity contribution in [2.75, 3.05) is 0 Å². The van der Waals surface area contributed by atoms with E-state index in [-0.39, 0.29) is 0 Å². The molecule has 0 saturated carbocycles. The van der Waals surface area contributed by atoms with Crippen LogP contribution in [0.3, 0.4) is 0 Å². The quantitative estimate of drug-likeness (QED) is 0.644. The van der Waals surface area contributed by atoms with E-state index in [1.54, 1.807) is 0 Å². The average Bonchev–Trinajstić information content (AvgIpc) is 2.48. The number of rotatable bonds is 4. The minimum absolute atomic E-state index is 0.988. The van der Waals surface area contributed by atoms with Crippen LogP contribution in [0.15, 0.2) is 16.7 Å². The van der Waals surface area contributed by atoms with Gasteiger partial charge in [-0.1, -0.05) is 20.3 Å². The van der Waals surface area contributed by atoms with Crippen molar-refractivity contribution >= 4 is 0 Å². The second-order valence-electron chi connectivity index (χ2n) is 2.73. The molecule has 61 valence electrons. The molecule has 1 heteroatoms. The summed E-state index contributed by atoms with van der Waals surface area (Å²) in [5, 5.41) is 0. The monoisotopic (exact) mass is 151 g/mol. The highest BCUT2D eigenvalue weighted by molar-refractivity contribution is 5.12. The fraction of sp³-hybridized carbons (Fsp3) is 0.500. The van der Waals surface area contributed by atoms with Gasteiger partial charge in [0.1, 0.15) is 5.76 Å². The minimum Gasteiger partial charge on any atom is -0.469 e. The van der Waals surface area contributed by atoms with Gasteiger partial charge >= 0.3 is 0 Å². The van der Waals surface area contributed by atoms with Crippen LogP contribution in [-0.4, -0.2) is 0 Å². The predicted octanol–water partition coefficient (Wildman–Crippen LogP) is 3.00. The lowest BCUT2D eigenvalue weighted by atomic mass is 10.2. The Morgan fingerprint density at radius 3 is 2.91 bits per heavy atom. The Balaban J connectivity index is 2.44. The van der Waals surface area contributed by atoms with Crippen molar-refractivity contribution in [3.05, 3.63) is 30.6 Å². The second-order valence-corrected chi connectivity index (χ2v) is 2.73. The number of furan rings is 1. The fourth-order valence-electron chi connectivity index (χ4n) is 1.04. The molecule has 0 aliphatic carbocycles. The normalized spacial score (nSPS) is 10.4. The van der Waals surface area contributed by atoms with Crippen molar-refractivity contribution in [2.45, 2.75) is 32.6 Å². The van der Waals surface area contributed by atoms with E-state index < -0.39 is 0 Å². The molecule has 0 aromatic carbocycles. The Kier molecular flexibility index (Phi) is 3.21. The van der Waals surface area contributed by atoms with Gasteiger partial charge in [-0.3, -0.25) is 0 Å². The molecule has 1 aromatic heterocycles. The topological polar surface area (TPSA) is 13.1 Å². The number of hydrogen-bond donors (Lipinski definition) is 0. The molecule has 11 heavy (non-hydrogen) atoms. The molecule has 0 N–H and O–H groups in total. The van der Waals surface area contributed by atoms with Crippen LogP contribution in [0, 0.1) is 6.92 Å². The Hall–Kier alpha value is -0.720. The fourth-order valence-corrected chi connectivity index (χ4v) is 1.04. The lowest BCUT2D eigenvalue weighted by Crippen LogP contribution is -1.79. The second kappa shape index (κ2) is 4.22. The largest absolute Gasteiger partial charge is 0.469 e. The molecule has 1 nitrogen and oxygen atoms in total. The molecule has 0 atom stereocenters. The van der Waals surface area contributed by atoms with E-state index in [1.807, 2.05) is 6.26 Å². The van der Waals surface area contributed by atoms with Gasteiger partial charge in [0.2, 0.25) is 0 Å². The van der Waals surface area contributed by atoms with Gasteiger partial charge in [-0.05, 0) is 24.5 Å². The van der Waals surface area contributed by atoms with Crippen molar-refractivity contribution in [1.82, 2.24) is 0 Å². The summed E-state index contributed by atoms with van der Waals surface area (Å²) < 4.78 is 5.33. The van der Waals surface area contributed by atoms with Crippen molar-refractivity contribution in [3.8, 4) is 0 Å². The molecule has 0 aliphatic heterocycles. The van der Waals surface area contributed by atoms with Crippen molar-refractivity contribution in [2.24, 2.45) is 0 Å². The molecular weight excluding hydrogens is 136 g/mol. The molecule has 1 rings (SSSR count). The summed E-state index contributed by atoms with van der Waals surface area (Å²) in [4.78, 5) is 0. The maximum Gasteiger partial charge on any atom is 0.104 e. The summed E-state index contributed by atoms with van der Waals surface area (Å²) >= 11 is 0. The molecule has 0 saturated heterocycles. The van der Waals surface area contributed by atoms with Gasteiger partial charge in [-0.25, -0.2) is 0 Å². The van der Waals surface area contributed by atoms with E-state index >= 15 is 0 Å². The van der Waals surface area contributed by atoms with E-state index in [4.69, 9.17) is 4.42 Å². The highest BCUT2D eigenvalue weighted by atomic mass is 16.3. The summed E-state index contributed by atoms with van der Waals surface area (Å²) in [6.07, 6.45) is 6.05. The van der Waals surface area contributed by atoms with Gasteiger partial charge in [-0.15, -0.1) is 0 Å². The first kappa shape index (κ1) is 8.38. The molecule has 0 aliphatic rings. The van der Waals surface area contributed by atoms with Gasteiger partial charge in [0.15, 0.2) is 0 Å². The van der Waals surface area contributed by atoms with Crippen LogP contribution < -0.4 is 0 Å². The summed E-state index contributed by atoms with van der Waals surface area (Å²) in [6, 6.07) is 2.13. The van der Waals surface area contributed by atoms with Crippen LogP contribution in [0.4, 0.5) is 0 Å². The SMILES string of the molecule is [CH2]CCCc1cc(CC)co1. The third-order valence-corrected chi connectivity index (χ3v) is 1.79.